The summed E-state index contributed by atoms with van der Waals surface area (Å²) in [5.41, 5.74) is -2.18. The lowest BCUT2D eigenvalue weighted by Gasteiger charge is -2.60. The van der Waals surface area contributed by atoms with E-state index in [4.69, 9.17) is 9.47 Å². The summed E-state index contributed by atoms with van der Waals surface area (Å²) in [7, 11) is 0. The molecule has 12 atom stereocenters. The molecule has 0 radical (unpaired) electrons. The van der Waals surface area contributed by atoms with Crippen molar-refractivity contribution < 1.29 is 39.5 Å². The molecule has 3 saturated carbocycles. The van der Waals surface area contributed by atoms with Crippen molar-refractivity contribution in [3.05, 3.63) is 24.3 Å². The first-order chi connectivity index (χ1) is 18.9. The molecule has 3 fully saturated rings. The van der Waals surface area contributed by atoms with Crippen LogP contribution in [0.2, 0.25) is 0 Å². The van der Waals surface area contributed by atoms with Gasteiger partial charge < -0.3 is 29.9 Å². The van der Waals surface area contributed by atoms with Gasteiger partial charge in [-0.3, -0.25) is 9.59 Å². The molecule has 8 heteroatoms. The number of rotatable bonds is 8. The standard InChI is InChI=1S/C33H52O8/c1-9-33(39,18(2)3)17-27(37)32(8,38)26-11-10-22-21-16-25(40-19(4)34)28-29(41-20(5)35)24(36)13-15-31(28,7)23(21)12-14-30(22,26)6/h9,16,18,22-29,36-39H,1,10-15,17H2,2-8H3. The molecule has 0 spiro atoms. The summed E-state index contributed by atoms with van der Waals surface area (Å²) in [6.07, 6.45) is 4.56. The molecule has 0 aliphatic heterocycles. The van der Waals surface area contributed by atoms with E-state index in [2.05, 4.69) is 26.5 Å². The van der Waals surface area contributed by atoms with Gasteiger partial charge in [-0.2, -0.15) is 0 Å². The van der Waals surface area contributed by atoms with E-state index in [0.29, 0.717) is 6.42 Å². The number of carbonyl (C=O) groups is 2. The Morgan fingerprint density at radius 3 is 2.20 bits per heavy atom. The first-order valence-electron chi connectivity index (χ1n) is 15.4. The largest absolute Gasteiger partial charge is 0.459 e. The fourth-order valence-electron chi connectivity index (χ4n) is 9.51. The van der Waals surface area contributed by atoms with Crippen LogP contribution in [0.25, 0.3) is 0 Å². The number of hydrogen-bond donors (Lipinski definition) is 4. The molecular formula is C33H52O8. The van der Waals surface area contributed by atoms with Crippen LogP contribution in [0.3, 0.4) is 0 Å². The predicted molar refractivity (Wildman–Crippen MR) is 154 cm³/mol. The SMILES string of the molecule is C=CC(O)(CC(O)C(C)(O)C1CCC2C3=CC(OC(C)=O)C4C(OC(C)=O)C(O)CCC4(C)C3CCC21C)C(C)C. The maximum Gasteiger partial charge on any atom is 0.303 e. The van der Waals surface area contributed by atoms with Crippen LogP contribution in [-0.2, 0) is 19.1 Å². The van der Waals surface area contributed by atoms with Crippen molar-refractivity contribution in [2.45, 2.75) is 129 Å². The maximum absolute atomic E-state index is 12.3. The van der Waals surface area contributed by atoms with Crippen LogP contribution >= 0.6 is 0 Å². The molecule has 0 bridgehead atoms. The van der Waals surface area contributed by atoms with Crippen LogP contribution < -0.4 is 0 Å². The molecule has 4 N–H and O–H groups in total. The summed E-state index contributed by atoms with van der Waals surface area (Å²) in [6.45, 7) is 16.3. The Morgan fingerprint density at radius 2 is 1.63 bits per heavy atom. The third-order valence-corrected chi connectivity index (χ3v) is 12.0. The van der Waals surface area contributed by atoms with Crippen molar-refractivity contribution in [1.29, 1.82) is 0 Å². The minimum Gasteiger partial charge on any atom is -0.459 e. The van der Waals surface area contributed by atoms with Crippen LogP contribution in [0.4, 0.5) is 0 Å². The highest BCUT2D eigenvalue weighted by molar-refractivity contribution is 5.67. The van der Waals surface area contributed by atoms with Gasteiger partial charge in [0.25, 0.3) is 0 Å². The van der Waals surface area contributed by atoms with Gasteiger partial charge in [-0.25, -0.2) is 0 Å². The van der Waals surface area contributed by atoms with Gasteiger partial charge in [0.1, 0.15) is 12.2 Å². The third-order valence-electron chi connectivity index (χ3n) is 12.0. The van der Waals surface area contributed by atoms with E-state index in [9.17, 15) is 30.0 Å². The van der Waals surface area contributed by atoms with Gasteiger partial charge in [0.15, 0.2) is 0 Å². The molecule has 12 unspecified atom stereocenters. The second-order valence-electron chi connectivity index (χ2n) is 14.5. The van der Waals surface area contributed by atoms with E-state index in [0.717, 1.165) is 32.1 Å². The number of esters is 2. The van der Waals surface area contributed by atoms with Gasteiger partial charge in [-0.1, -0.05) is 39.3 Å². The minimum absolute atomic E-state index is 0.00211. The van der Waals surface area contributed by atoms with Crippen LogP contribution in [0.5, 0.6) is 0 Å². The van der Waals surface area contributed by atoms with Gasteiger partial charge in [0, 0.05) is 26.2 Å². The summed E-state index contributed by atoms with van der Waals surface area (Å²) in [5.74, 6) is -1.37. The van der Waals surface area contributed by atoms with Gasteiger partial charge in [0.05, 0.1) is 23.4 Å². The highest BCUT2D eigenvalue weighted by atomic mass is 16.6. The lowest BCUT2D eigenvalue weighted by atomic mass is 9.46. The lowest BCUT2D eigenvalue weighted by molar-refractivity contribution is -0.196. The third kappa shape index (κ3) is 5.32. The topological polar surface area (TPSA) is 134 Å². The molecule has 41 heavy (non-hydrogen) atoms. The van der Waals surface area contributed by atoms with Crippen molar-refractivity contribution >= 4 is 11.9 Å². The van der Waals surface area contributed by atoms with Crippen LogP contribution in [0.1, 0.15) is 93.4 Å². The molecule has 0 heterocycles. The Kier molecular flexibility index (Phi) is 8.69. The Labute approximate surface area is 245 Å². The summed E-state index contributed by atoms with van der Waals surface area (Å²) in [4.78, 5) is 24.3. The number of allylic oxidation sites excluding steroid dienone is 1. The molecule has 0 aromatic carbocycles. The molecule has 4 aliphatic carbocycles. The average molecular weight is 577 g/mol. The highest BCUT2D eigenvalue weighted by Crippen LogP contribution is 2.67. The fraction of sp³-hybridized carbons (Fsp3) is 0.818. The zero-order valence-electron chi connectivity index (χ0n) is 25.9. The Hall–Kier alpha value is -1.74. The van der Waals surface area contributed by atoms with E-state index >= 15 is 0 Å². The Morgan fingerprint density at radius 1 is 1.05 bits per heavy atom. The van der Waals surface area contributed by atoms with Gasteiger partial charge in [-0.15, -0.1) is 6.58 Å². The molecule has 232 valence electrons. The van der Waals surface area contributed by atoms with Gasteiger partial charge in [-0.05, 0) is 86.0 Å². The van der Waals surface area contributed by atoms with Crippen molar-refractivity contribution in [2.75, 3.05) is 0 Å². The van der Waals surface area contributed by atoms with E-state index in [1.807, 2.05) is 13.8 Å². The molecule has 0 amide bonds. The van der Waals surface area contributed by atoms with E-state index in [1.54, 1.807) is 6.92 Å². The molecule has 0 aromatic rings. The van der Waals surface area contributed by atoms with Crippen molar-refractivity contribution in [1.82, 2.24) is 0 Å². The smallest absolute Gasteiger partial charge is 0.303 e. The Balaban J connectivity index is 1.71. The second-order valence-corrected chi connectivity index (χ2v) is 14.5. The van der Waals surface area contributed by atoms with Crippen LogP contribution in [0.15, 0.2) is 24.3 Å². The fourth-order valence-corrected chi connectivity index (χ4v) is 9.51. The zero-order chi connectivity index (χ0) is 30.7. The lowest BCUT2D eigenvalue weighted by Crippen LogP contribution is -2.61. The van der Waals surface area contributed by atoms with E-state index in [-0.39, 0.29) is 46.8 Å². The summed E-state index contributed by atoms with van der Waals surface area (Å²) in [6, 6.07) is 0. The van der Waals surface area contributed by atoms with E-state index in [1.165, 1.54) is 25.5 Å². The van der Waals surface area contributed by atoms with Crippen molar-refractivity contribution in [3.63, 3.8) is 0 Å². The molecule has 0 aromatic heterocycles. The molecule has 0 saturated heterocycles. The van der Waals surface area contributed by atoms with Crippen molar-refractivity contribution in [3.8, 4) is 0 Å². The molecule has 4 rings (SSSR count). The number of carbonyl (C=O) groups excluding carboxylic acids is 2. The summed E-state index contributed by atoms with van der Waals surface area (Å²) < 4.78 is 11.6. The highest BCUT2D eigenvalue weighted by Gasteiger charge is 2.65. The number of ether oxygens (including phenoxy) is 2. The number of aliphatic hydroxyl groups excluding tert-OH is 2. The monoisotopic (exact) mass is 576 g/mol. The van der Waals surface area contributed by atoms with Gasteiger partial charge >= 0.3 is 11.9 Å². The molecule has 8 nitrogen and oxygen atoms in total. The molecular weight excluding hydrogens is 524 g/mol. The number of hydrogen-bond acceptors (Lipinski definition) is 8. The first kappa shape index (κ1) is 32.2. The predicted octanol–water partition coefficient (Wildman–Crippen LogP) is 4.08. The van der Waals surface area contributed by atoms with Crippen LogP contribution in [0, 0.1) is 40.4 Å². The maximum atomic E-state index is 12.3. The zero-order valence-corrected chi connectivity index (χ0v) is 25.9. The van der Waals surface area contributed by atoms with Crippen molar-refractivity contribution in [2.24, 2.45) is 40.4 Å². The van der Waals surface area contributed by atoms with Gasteiger partial charge in [0.2, 0.25) is 0 Å². The summed E-state index contributed by atoms with van der Waals surface area (Å²) in [5, 5.41) is 45.3. The average Bonchev–Trinajstić information content (AvgIpc) is 3.23. The number of fused-ring (bicyclic) bond motifs is 5. The van der Waals surface area contributed by atoms with E-state index < -0.39 is 47.6 Å². The van der Waals surface area contributed by atoms with Crippen LogP contribution in [-0.4, -0.2) is 68.0 Å². The Bertz CT molecular complexity index is 1070. The second kappa shape index (κ2) is 11.1. The minimum atomic E-state index is -1.44. The quantitative estimate of drug-likeness (QED) is 0.251. The normalized spacial score (nSPS) is 42.0. The molecule has 4 aliphatic rings. The number of aliphatic hydroxyl groups is 4. The summed E-state index contributed by atoms with van der Waals surface area (Å²) >= 11 is 0. The first-order valence-corrected chi connectivity index (χ1v) is 15.4.